The molecule has 1 saturated heterocycles. The van der Waals surface area contributed by atoms with Gasteiger partial charge in [0.25, 0.3) is 0 Å². The van der Waals surface area contributed by atoms with Crippen LogP contribution in [0.3, 0.4) is 0 Å². The molecule has 1 aliphatic carbocycles. The SMILES string of the molecule is CCCC1(C)CC(N2CCC(c3cc4c(cc3F)c(N(C=O)CCC=O)nn4C)CC2)C1.CNC. The largest absolute Gasteiger partial charge is 0.323 e. The van der Waals surface area contributed by atoms with Crippen LogP contribution in [0, 0.1) is 11.2 Å². The summed E-state index contributed by atoms with van der Waals surface area (Å²) < 4.78 is 16.9. The Hall–Kier alpha value is -2.32. The summed E-state index contributed by atoms with van der Waals surface area (Å²) in [6.45, 7) is 6.96. The molecule has 2 heterocycles. The number of likely N-dealkylation sites (tertiary alicyclic amines) is 1. The standard InChI is InChI=1S/C25H35FN4O2.C2H7N/c1-4-8-25(2)15-19(16-25)29-10-6-18(7-11-29)20-14-23-21(13-22(20)26)24(27-28(23)3)30(17-32)9-5-12-31;1-3-2/h12-14,17-19H,4-11,15-16H2,1-3H3;3H,1-2H3. The van der Waals surface area contributed by atoms with Crippen LogP contribution < -0.4 is 10.2 Å². The number of rotatable bonds is 9. The third kappa shape index (κ3) is 6.09. The molecule has 1 aromatic carbocycles. The minimum Gasteiger partial charge on any atom is -0.323 e. The molecule has 1 saturated carbocycles. The molecule has 0 bridgehead atoms. The second-order valence-electron chi connectivity index (χ2n) is 10.5. The number of piperidine rings is 1. The van der Waals surface area contributed by atoms with Gasteiger partial charge in [-0.05, 0) is 88.3 Å². The van der Waals surface area contributed by atoms with E-state index in [9.17, 15) is 9.59 Å². The van der Waals surface area contributed by atoms with E-state index in [0.717, 1.165) is 43.3 Å². The number of nitrogens with one attached hydrogen (secondary N) is 1. The number of hydrogen-bond donors (Lipinski definition) is 1. The predicted octanol–water partition coefficient (Wildman–Crippen LogP) is 4.25. The summed E-state index contributed by atoms with van der Waals surface area (Å²) in [6.07, 6.45) is 8.72. The Bertz CT molecular complexity index is 993. The number of nitrogens with zero attached hydrogens (tertiary/aromatic N) is 4. The second-order valence-corrected chi connectivity index (χ2v) is 10.5. The van der Waals surface area contributed by atoms with Crippen molar-refractivity contribution in [2.75, 3.05) is 38.6 Å². The van der Waals surface area contributed by atoms with Crippen molar-refractivity contribution >= 4 is 29.4 Å². The maximum atomic E-state index is 15.2. The normalized spacial score (nSPS) is 22.9. The van der Waals surface area contributed by atoms with Crippen LogP contribution in [0.25, 0.3) is 10.9 Å². The number of aldehydes is 1. The monoisotopic (exact) mass is 487 g/mol. The van der Waals surface area contributed by atoms with E-state index in [1.807, 2.05) is 27.2 Å². The fourth-order valence-electron chi connectivity index (χ4n) is 5.92. The fraction of sp³-hybridized carbons (Fsp3) is 0.667. The van der Waals surface area contributed by atoms with Gasteiger partial charge in [0.2, 0.25) is 6.41 Å². The Balaban J connectivity index is 0.00000108. The molecule has 0 unspecified atom stereocenters. The molecular formula is C27H42FN5O2. The van der Waals surface area contributed by atoms with Gasteiger partial charge in [-0.1, -0.05) is 20.3 Å². The highest BCUT2D eigenvalue weighted by molar-refractivity contribution is 5.95. The van der Waals surface area contributed by atoms with Crippen molar-refractivity contribution in [3.8, 4) is 0 Å². The number of anilines is 1. The molecule has 1 aromatic heterocycles. The highest BCUT2D eigenvalue weighted by atomic mass is 19.1. The van der Waals surface area contributed by atoms with Gasteiger partial charge in [0.05, 0.1) is 5.52 Å². The van der Waals surface area contributed by atoms with Crippen molar-refractivity contribution in [2.24, 2.45) is 12.5 Å². The van der Waals surface area contributed by atoms with Crippen molar-refractivity contribution in [1.82, 2.24) is 20.0 Å². The first kappa shape index (κ1) is 27.3. The predicted molar refractivity (Wildman–Crippen MR) is 139 cm³/mol. The van der Waals surface area contributed by atoms with E-state index in [4.69, 9.17) is 0 Å². The van der Waals surface area contributed by atoms with Gasteiger partial charge in [0.15, 0.2) is 5.82 Å². The Morgan fingerprint density at radius 2 is 1.89 bits per heavy atom. The summed E-state index contributed by atoms with van der Waals surface area (Å²) in [5, 5.41) is 7.80. The smallest absolute Gasteiger partial charge is 0.215 e. The van der Waals surface area contributed by atoms with E-state index in [1.165, 1.54) is 36.6 Å². The quantitative estimate of drug-likeness (QED) is 0.536. The Labute approximate surface area is 209 Å². The minimum atomic E-state index is -0.231. The molecule has 8 heteroatoms. The number of benzene rings is 1. The molecule has 1 amide bonds. The van der Waals surface area contributed by atoms with Crippen LogP contribution >= 0.6 is 0 Å². The van der Waals surface area contributed by atoms with Crippen LogP contribution in [0.5, 0.6) is 0 Å². The lowest BCUT2D eigenvalue weighted by Gasteiger charge is -2.52. The summed E-state index contributed by atoms with van der Waals surface area (Å²) >= 11 is 0. The number of halogens is 1. The lowest BCUT2D eigenvalue weighted by molar-refractivity contribution is -0.108. The number of aryl methyl sites for hydroxylation is 1. The van der Waals surface area contributed by atoms with Gasteiger partial charge >= 0.3 is 0 Å². The van der Waals surface area contributed by atoms with Gasteiger partial charge in [-0.2, -0.15) is 5.10 Å². The molecule has 2 aromatic rings. The zero-order chi connectivity index (χ0) is 25.6. The van der Waals surface area contributed by atoms with Crippen LogP contribution in [-0.2, 0) is 16.6 Å². The average molecular weight is 488 g/mol. The number of amides is 1. The molecule has 7 nitrogen and oxygen atoms in total. The summed E-state index contributed by atoms with van der Waals surface area (Å²) in [4.78, 5) is 26.2. The first-order valence-corrected chi connectivity index (χ1v) is 12.9. The van der Waals surface area contributed by atoms with Crippen LogP contribution in [0.15, 0.2) is 12.1 Å². The summed E-state index contributed by atoms with van der Waals surface area (Å²) in [7, 11) is 5.56. The van der Waals surface area contributed by atoms with E-state index in [0.29, 0.717) is 29.1 Å². The molecule has 1 aliphatic heterocycles. The number of carbonyl (C=O) groups is 2. The van der Waals surface area contributed by atoms with E-state index >= 15 is 4.39 Å². The lowest BCUT2D eigenvalue weighted by Crippen LogP contribution is -2.52. The molecule has 1 N–H and O–H groups in total. The number of hydrogen-bond acceptors (Lipinski definition) is 5. The van der Waals surface area contributed by atoms with Crippen molar-refractivity contribution in [3.63, 3.8) is 0 Å². The van der Waals surface area contributed by atoms with E-state index in [-0.39, 0.29) is 24.7 Å². The molecular weight excluding hydrogens is 445 g/mol. The van der Waals surface area contributed by atoms with Crippen LogP contribution in [0.2, 0.25) is 0 Å². The fourth-order valence-corrected chi connectivity index (χ4v) is 5.92. The maximum Gasteiger partial charge on any atom is 0.215 e. The van der Waals surface area contributed by atoms with Crippen LogP contribution in [0.1, 0.15) is 70.3 Å². The zero-order valence-electron chi connectivity index (χ0n) is 22.0. The molecule has 35 heavy (non-hydrogen) atoms. The van der Waals surface area contributed by atoms with E-state index < -0.39 is 0 Å². The summed E-state index contributed by atoms with van der Waals surface area (Å²) in [5.74, 6) is 0.374. The third-order valence-corrected chi connectivity index (χ3v) is 7.63. The topological polar surface area (TPSA) is 70.5 Å². The van der Waals surface area contributed by atoms with Gasteiger partial charge in [-0.15, -0.1) is 0 Å². The van der Waals surface area contributed by atoms with Gasteiger partial charge < -0.3 is 15.0 Å². The Kier molecular flexibility index (Phi) is 9.41. The van der Waals surface area contributed by atoms with Gasteiger partial charge in [0, 0.05) is 31.4 Å². The van der Waals surface area contributed by atoms with Crippen LogP contribution in [0.4, 0.5) is 10.2 Å². The van der Waals surface area contributed by atoms with Crippen LogP contribution in [-0.4, -0.2) is 67.1 Å². The molecule has 194 valence electrons. The van der Waals surface area contributed by atoms with Gasteiger partial charge in [-0.25, -0.2) is 4.39 Å². The molecule has 2 fully saturated rings. The van der Waals surface area contributed by atoms with Crippen molar-refractivity contribution in [1.29, 1.82) is 0 Å². The second kappa shape index (κ2) is 12.1. The average Bonchev–Trinajstić information content (AvgIpc) is 3.13. The highest BCUT2D eigenvalue weighted by Crippen LogP contribution is 2.48. The summed E-state index contributed by atoms with van der Waals surface area (Å²) in [6, 6.07) is 4.12. The van der Waals surface area contributed by atoms with Gasteiger partial charge in [-0.3, -0.25) is 14.4 Å². The zero-order valence-corrected chi connectivity index (χ0v) is 22.0. The summed E-state index contributed by atoms with van der Waals surface area (Å²) in [5.41, 5.74) is 2.08. The Morgan fingerprint density at radius 3 is 2.46 bits per heavy atom. The third-order valence-electron chi connectivity index (χ3n) is 7.63. The highest BCUT2D eigenvalue weighted by Gasteiger charge is 2.43. The Morgan fingerprint density at radius 1 is 1.23 bits per heavy atom. The van der Waals surface area contributed by atoms with E-state index in [1.54, 1.807) is 4.68 Å². The minimum absolute atomic E-state index is 0.202. The number of fused-ring (bicyclic) bond motifs is 1. The molecule has 0 spiro atoms. The molecule has 2 aliphatic rings. The molecule has 4 rings (SSSR count). The number of carbonyl (C=O) groups excluding carboxylic acids is 2. The molecule has 0 atom stereocenters. The number of aromatic nitrogens is 2. The maximum absolute atomic E-state index is 15.2. The lowest BCUT2D eigenvalue weighted by atomic mass is 9.63. The van der Waals surface area contributed by atoms with Crippen molar-refractivity contribution in [2.45, 2.75) is 70.8 Å². The first-order valence-electron chi connectivity index (χ1n) is 12.9. The van der Waals surface area contributed by atoms with Crippen molar-refractivity contribution < 1.29 is 14.0 Å². The van der Waals surface area contributed by atoms with E-state index in [2.05, 4.69) is 29.2 Å². The van der Waals surface area contributed by atoms with Crippen molar-refractivity contribution in [3.05, 3.63) is 23.5 Å². The molecule has 0 radical (unpaired) electrons. The van der Waals surface area contributed by atoms with Gasteiger partial charge in [0.1, 0.15) is 12.1 Å². The first-order chi connectivity index (χ1) is 16.8.